The van der Waals surface area contributed by atoms with Crippen molar-refractivity contribution in [3.05, 3.63) is 29.6 Å². The first-order valence-electron chi connectivity index (χ1n) is 7.00. The van der Waals surface area contributed by atoms with E-state index in [4.69, 9.17) is 4.74 Å². The van der Waals surface area contributed by atoms with Crippen molar-refractivity contribution in [3.8, 4) is 5.75 Å². The maximum Gasteiger partial charge on any atom is 0.328 e. The van der Waals surface area contributed by atoms with Crippen molar-refractivity contribution in [2.45, 2.75) is 32.2 Å². The lowest BCUT2D eigenvalue weighted by atomic mass is 10.0. The van der Waals surface area contributed by atoms with Crippen molar-refractivity contribution in [2.75, 3.05) is 13.2 Å². The molecule has 1 aliphatic rings. The Labute approximate surface area is 122 Å². The maximum atomic E-state index is 13.3. The smallest absolute Gasteiger partial charge is 0.328 e. The minimum absolute atomic E-state index is 0.133. The number of nitrogens with zero attached hydrogens (tertiary/aromatic N) is 1. The van der Waals surface area contributed by atoms with E-state index >= 15 is 0 Å². The first-order chi connectivity index (χ1) is 10.0. The fourth-order valence-corrected chi connectivity index (χ4v) is 2.49. The van der Waals surface area contributed by atoms with Crippen LogP contribution in [-0.2, 0) is 9.53 Å². The van der Waals surface area contributed by atoms with E-state index in [9.17, 15) is 19.1 Å². The lowest BCUT2D eigenvalue weighted by Gasteiger charge is -2.34. The van der Waals surface area contributed by atoms with Gasteiger partial charge in [0.2, 0.25) is 0 Å². The molecule has 1 aromatic rings. The third-order valence-electron chi connectivity index (χ3n) is 3.51. The Balaban J connectivity index is 2.26. The first-order valence-corrected chi connectivity index (χ1v) is 7.00. The number of carbonyl (C=O) groups is 2. The SMILES string of the molecule is CCOC(=O)[C@H]1CCCCN1C(=O)c1cc(F)ccc1O. The highest BCUT2D eigenvalue weighted by Gasteiger charge is 2.34. The fourth-order valence-electron chi connectivity index (χ4n) is 2.49. The third-order valence-corrected chi connectivity index (χ3v) is 3.51. The van der Waals surface area contributed by atoms with Crippen molar-refractivity contribution in [2.24, 2.45) is 0 Å². The number of ether oxygens (including phenoxy) is 1. The molecule has 5 nitrogen and oxygen atoms in total. The molecule has 21 heavy (non-hydrogen) atoms. The van der Waals surface area contributed by atoms with Gasteiger partial charge >= 0.3 is 5.97 Å². The molecule has 0 radical (unpaired) electrons. The van der Waals surface area contributed by atoms with Gasteiger partial charge in [0, 0.05) is 6.54 Å². The topological polar surface area (TPSA) is 66.8 Å². The average Bonchev–Trinajstić information content (AvgIpc) is 2.49. The van der Waals surface area contributed by atoms with Crippen LogP contribution < -0.4 is 0 Å². The molecule has 1 heterocycles. The predicted molar refractivity (Wildman–Crippen MR) is 73.4 cm³/mol. The Hall–Kier alpha value is -2.11. The number of phenols is 1. The molecule has 1 saturated heterocycles. The summed E-state index contributed by atoms with van der Waals surface area (Å²) in [6, 6.07) is 2.51. The summed E-state index contributed by atoms with van der Waals surface area (Å²) in [5.41, 5.74) is -0.133. The summed E-state index contributed by atoms with van der Waals surface area (Å²) in [5.74, 6) is -1.92. The average molecular weight is 295 g/mol. The van der Waals surface area contributed by atoms with Gasteiger partial charge < -0.3 is 14.7 Å². The van der Waals surface area contributed by atoms with Gasteiger partial charge in [0.15, 0.2) is 0 Å². The zero-order valence-corrected chi connectivity index (χ0v) is 11.8. The summed E-state index contributed by atoms with van der Waals surface area (Å²) < 4.78 is 18.3. The van der Waals surface area contributed by atoms with Gasteiger partial charge in [-0.05, 0) is 44.4 Å². The van der Waals surface area contributed by atoms with Crippen molar-refractivity contribution >= 4 is 11.9 Å². The summed E-state index contributed by atoms with van der Waals surface area (Å²) in [6.07, 6.45) is 2.10. The molecule has 1 N–H and O–H groups in total. The van der Waals surface area contributed by atoms with Gasteiger partial charge in [-0.15, -0.1) is 0 Å². The molecular formula is C15H18FNO4. The maximum absolute atomic E-state index is 13.3. The van der Waals surface area contributed by atoms with Crippen LogP contribution in [0, 0.1) is 5.82 Å². The Bertz CT molecular complexity index is 546. The second kappa shape index (κ2) is 6.56. The number of aromatic hydroxyl groups is 1. The van der Waals surface area contributed by atoms with Crippen molar-refractivity contribution in [1.29, 1.82) is 0 Å². The minimum Gasteiger partial charge on any atom is -0.507 e. The number of hydrogen-bond donors (Lipinski definition) is 1. The van der Waals surface area contributed by atoms with Crippen molar-refractivity contribution in [1.82, 2.24) is 4.90 Å². The predicted octanol–water partition coefficient (Wildman–Crippen LogP) is 2.09. The minimum atomic E-state index is -0.672. The number of rotatable bonds is 3. The van der Waals surface area contributed by atoms with E-state index in [1.54, 1.807) is 6.92 Å². The highest BCUT2D eigenvalue weighted by molar-refractivity contribution is 5.99. The van der Waals surface area contributed by atoms with E-state index in [2.05, 4.69) is 0 Å². The van der Waals surface area contributed by atoms with Crippen LogP contribution in [0.25, 0.3) is 0 Å². The van der Waals surface area contributed by atoms with Crippen LogP contribution in [0.2, 0.25) is 0 Å². The van der Waals surface area contributed by atoms with Gasteiger partial charge in [0.1, 0.15) is 17.6 Å². The number of benzene rings is 1. The number of likely N-dealkylation sites (tertiary alicyclic amines) is 1. The molecule has 2 rings (SSSR count). The van der Waals surface area contributed by atoms with E-state index in [-0.39, 0.29) is 17.9 Å². The summed E-state index contributed by atoms with van der Waals surface area (Å²) in [5, 5.41) is 9.73. The van der Waals surface area contributed by atoms with Gasteiger partial charge in [0.25, 0.3) is 5.91 Å². The van der Waals surface area contributed by atoms with E-state index in [0.29, 0.717) is 13.0 Å². The molecule has 1 atom stereocenters. The molecule has 0 spiro atoms. The third kappa shape index (κ3) is 3.32. The molecule has 1 aliphatic heterocycles. The van der Waals surface area contributed by atoms with Gasteiger partial charge in [0.05, 0.1) is 12.2 Å². The molecule has 1 aromatic carbocycles. The summed E-state index contributed by atoms with van der Waals surface area (Å²) in [7, 11) is 0. The van der Waals surface area contributed by atoms with Crippen LogP contribution in [0.5, 0.6) is 5.75 Å². The van der Waals surface area contributed by atoms with Crippen LogP contribution >= 0.6 is 0 Å². The number of esters is 1. The number of halogens is 1. The molecule has 6 heteroatoms. The number of carbonyl (C=O) groups excluding carboxylic acids is 2. The number of phenolic OH excluding ortho intramolecular Hbond substituents is 1. The molecule has 1 amide bonds. The van der Waals surface area contributed by atoms with Gasteiger partial charge in [-0.2, -0.15) is 0 Å². The Kier molecular flexibility index (Phi) is 4.77. The first kappa shape index (κ1) is 15.3. The Morgan fingerprint density at radius 1 is 1.43 bits per heavy atom. The van der Waals surface area contributed by atoms with Gasteiger partial charge in [-0.25, -0.2) is 9.18 Å². The van der Waals surface area contributed by atoms with Crippen LogP contribution in [0.4, 0.5) is 4.39 Å². The monoisotopic (exact) mass is 295 g/mol. The molecule has 1 fully saturated rings. The van der Waals surface area contributed by atoms with Crippen molar-refractivity contribution < 1.29 is 23.8 Å². The summed E-state index contributed by atoms with van der Waals surface area (Å²) >= 11 is 0. The van der Waals surface area contributed by atoms with E-state index in [1.807, 2.05) is 0 Å². The molecule has 0 unspecified atom stereocenters. The van der Waals surface area contributed by atoms with Crippen LogP contribution in [0.1, 0.15) is 36.5 Å². The summed E-state index contributed by atoms with van der Waals surface area (Å²) in [4.78, 5) is 25.8. The number of amides is 1. The molecule has 0 aromatic heterocycles. The van der Waals surface area contributed by atoms with E-state index < -0.39 is 23.7 Å². The number of hydrogen-bond acceptors (Lipinski definition) is 4. The molecule has 114 valence electrons. The zero-order valence-electron chi connectivity index (χ0n) is 11.8. The molecule has 0 aliphatic carbocycles. The molecule has 0 bridgehead atoms. The zero-order chi connectivity index (χ0) is 15.4. The lowest BCUT2D eigenvalue weighted by molar-refractivity contribution is -0.149. The van der Waals surface area contributed by atoms with E-state index in [0.717, 1.165) is 31.0 Å². The van der Waals surface area contributed by atoms with Gasteiger partial charge in [-0.3, -0.25) is 4.79 Å². The Morgan fingerprint density at radius 2 is 2.19 bits per heavy atom. The lowest BCUT2D eigenvalue weighted by Crippen LogP contribution is -2.48. The largest absolute Gasteiger partial charge is 0.507 e. The highest BCUT2D eigenvalue weighted by Crippen LogP contribution is 2.25. The van der Waals surface area contributed by atoms with Crippen LogP contribution in [-0.4, -0.2) is 41.1 Å². The van der Waals surface area contributed by atoms with Crippen LogP contribution in [0.3, 0.4) is 0 Å². The van der Waals surface area contributed by atoms with E-state index in [1.165, 1.54) is 4.90 Å². The summed E-state index contributed by atoms with van der Waals surface area (Å²) in [6.45, 7) is 2.33. The second-order valence-electron chi connectivity index (χ2n) is 4.92. The normalized spacial score (nSPS) is 18.4. The van der Waals surface area contributed by atoms with Gasteiger partial charge in [-0.1, -0.05) is 0 Å². The quantitative estimate of drug-likeness (QED) is 0.867. The molecular weight excluding hydrogens is 277 g/mol. The molecule has 0 saturated carbocycles. The van der Waals surface area contributed by atoms with Crippen molar-refractivity contribution in [3.63, 3.8) is 0 Å². The Morgan fingerprint density at radius 3 is 2.90 bits per heavy atom. The fraction of sp³-hybridized carbons (Fsp3) is 0.467. The van der Waals surface area contributed by atoms with Crippen LogP contribution in [0.15, 0.2) is 18.2 Å². The standard InChI is InChI=1S/C15H18FNO4/c1-2-21-15(20)12-5-3-4-8-17(12)14(19)11-9-10(16)6-7-13(11)18/h6-7,9,12,18H,2-5,8H2,1H3/t12-/m1/s1. The second-order valence-corrected chi connectivity index (χ2v) is 4.92. The highest BCUT2D eigenvalue weighted by atomic mass is 19.1. The number of piperidine rings is 1.